The van der Waals surface area contributed by atoms with Crippen LogP contribution in [0.5, 0.6) is 5.75 Å². The third kappa shape index (κ3) is 2.52. The molecule has 3 aliphatic rings. The number of benzene rings is 1. The van der Waals surface area contributed by atoms with E-state index in [1.807, 2.05) is 36.1 Å². The first kappa shape index (κ1) is 16.4. The molecule has 1 saturated heterocycles. The summed E-state index contributed by atoms with van der Waals surface area (Å²) in [5, 5.41) is 0. The number of rotatable bonds is 6. The van der Waals surface area contributed by atoms with E-state index in [1.54, 1.807) is 0 Å². The quantitative estimate of drug-likeness (QED) is 0.745. The van der Waals surface area contributed by atoms with Crippen molar-refractivity contribution in [2.75, 3.05) is 18.1 Å². The second-order valence-corrected chi connectivity index (χ2v) is 7.31. The third-order valence-corrected chi connectivity index (χ3v) is 5.94. The Morgan fingerprint density at radius 3 is 2.84 bits per heavy atom. The lowest BCUT2D eigenvalue weighted by atomic mass is 9.79. The van der Waals surface area contributed by atoms with Crippen LogP contribution in [0.3, 0.4) is 0 Å². The van der Waals surface area contributed by atoms with Crippen molar-refractivity contribution in [2.45, 2.75) is 39.2 Å². The van der Waals surface area contributed by atoms with Gasteiger partial charge in [0.05, 0.1) is 24.1 Å². The number of nitrogens with zero attached hydrogens (tertiary/aromatic N) is 1. The van der Waals surface area contributed by atoms with Crippen LogP contribution < -0.4 is 9.64 Å². The van der Waals surface area contributed by atoms with Crippen LogP contribution in [0.1, 0.15) is 33.1 Å². The second-order valence-electron chi connectivity index (χ2n) is 7.31. The van der Waals surface area contributed by atoms with Crippen LogP contribution in [0.25, 0.3) is 0 Å². The van der Waals surface area contributed by atoms with Crippen LogP contribution in [-0.4, -0.2) is 31.1 Å². The lowest BCUT2D eigenvalue weighted by molar-refractivity contribution is -0.145. The first-order chi connectivity index (χ1) is 12.2. The van der Waals surface area contributed by atoms with E-state index in [2.05, 4.69) is 6.92 Å². The largest absolute Gasteiger partial charge is 0.492 e. The summed E-state index contributed by atoms with van der Waals surface area (Å²) < 4.78 is 11.2. The SMILES string of the molecule is CCCN(C(=O)[C@H]1[C@@H]2C[C@@H]3[C@H]1C(=O)O[C@@H]3C2)c1ccccc1OCC. The number of hydrogen-bond acceptors (Lipinski definition) is 4. The first-order valence-electron chi connectivity index (χ1n) is 9.39. The molecule has 4 rings (SSSR count). The van der Waals surface area contributed by atoms with Crippen molar-refractivity contribution in [2.24, 2.45) is 23.7 Å². The van der Waals surface area contributed by atoms with E-state index in [0.29, 0.717) is 13.2 Å². The Balaban J connectivity index is 1.66. The number of esters is 1. The Labute approximate surface area is 148 Å². The number of carbonyl (C=O) groups is 2. The Bertz CT molecular complexity index is 686. The van der Waals surface area contributed by atoms with E-state index >= 15 is 0 Å². The zero-order chi connectivity index (χ0) is 17.6. The molecule has 0 aromatic heterocycles. The summed E-state index contributed by atoms with van der Waals surface area (Å²) in [6.45, 7) is 5.18. The molecule has 2 aliphatic carbocycles. The van der Waals surface area contributed by atoms with Crippen molar-refractivity contribution in [1.82, 2.24) is 0 Å². The van der Waals surface area contributed by atoms with E-state index in [1.165, 1.54) is 0 Å². The molecule has 0 N–H and O–H groups in total. The van der Waals surface area contributed by atoms with E-state index in [0.717, 1.165) is 30.7 Å². The second kappa shape index (κ2) is 6.36. The molecule has 25 heavy (non-hydrogen) atoms. The number of ether oxygens (including phenoxy) is 2. The van der Waals surface area contributed by atoms with Gasteiger partial charge >= 0.3 is 5.97 Å². The number of para-hydroxylation sites is 2. The first-order valence-corrected chi connectivity index (χ1v) is 9.39. The lowest BCUT2D eigenvalue weighted by Crippen LogP contribution is -2.43. The van der Waals surface area contributed by atoms with Crippen molar-refractivity contribution >= 4 is 17.6 Å². The fourth-order valence-corrected chi connectivity index (χ4v) is 5.05. The van der Waals surface area contributed by atoms with Gasteiger partial charge in [0.15, 0.2) is 0 Å². The lowest BCUT2D eigenvalue weighted by Gasteiger charge is -2.31. The molecule has 1 aromatic carbocycles. The van der Waals surface area contributed by atoms with E-state index in [-0.39, 0.29) is 41.7 Å². The number of amides is 1. The average Bonchev–Trinajstić information content (AvgIpc) is 3.22. The van der Waals surface area contributed by atoms with Crippen molar-refractivity contribution in [1.29, 1.82) is 0 Å². The predicted octanol–water partition coefficient (Wildman–Crippen LogP) is 3.03. The highest BCUT2D eigenvalue weighted by atomic mass is 16.6. The molecule has 1 heterocycles. The van der Waals surface area contributed by atoms with Gasteiger partial charge < -0.3 is 14.4 Å². The molecule has 0 spiro atoms. The Morgan fingerprint density at radius 2 is 2.08 bits per heavy atom. The molecular weight excluding hydrogens is 318 g/mol. The van der Waals surface area contributed by atoms with E-state index in [9.17, 15) is 9.59 Å². The minimum Gasteiger partial charge on any atom is -0.492 e. The van der Waals surface area contributed by atoms with Gasteiger partial charge in [0.25, 0.3) is 0 Å². The highest BCUT2D eigenvalue weighted by Gasteiger charge is 2.64. The van der Waals surface area contributed by atoms with Crippen LogP contribution >= 0.6 is 0 Å². The van der Waals surface area contributed by atoms with E-state index in [4.69, 9.17) is 9.47 Å². The molecule has 0 radical (unpaired) electrons. The fraction of sp³-hybridized carbons (Fsp3) is 0.600. The number of fused-ring (bicyclic) bond motifs is 1. The van der Waals surface area contributed by atoms with Gasteiger partial charge in [0.2, 0.25) is 5.91 Å². The normalized spacial score (nSPS) is 31.9. The maximum absolute atomic E-state index is 13.5. The molecule has 5 heteroatoms. The molecule has 2 bridgehead atoms. The van der Waals surface area contributed by atoms with Gasteiger partial charge in [-0.15, -0.1) is 0 Å². The molecule has 1 amide bonds. The topological polar surface area (TPSA) is 55.8 Å². The highest BCUT2D eigenvalue weighted by Crippen LogP contribution is 2.58. The van der Waals surface area contributed by atoms with Crippen molar-refractivity contribution in [3.63, 3.8) is 0 Å². The summed E-state index contributed by atoms with van der Waals surface area (Å²) in [7, 11) is 0. The minimum absolute atomic E-state index is 0.0573. The number of anilines is 1. The molecule has 2 saturated carbocycles. The van der Waals surface area contributed by atoms with Crippen LogP contribution in [0, 0.1) is 23.7 Å². The maximum atomic E-state index is 13.5. The van der Waals surface area contributed by atoms with Crippen LogP contribution in [0.15, 0.2) is 24.3 Å². The van der Waals surface area contributed by atoms with E-state index < -0.39 is 0 Å². The Morgan fingerprint density at radius 1 is 1.28 bits per heavy atom. The smallest absolute Gasteiger partial charge is 0.310 e. The molecule has 5 nitrogen and oxygen atoms in total. The van der Waals surface area contributed by atoms with Crippen LogP contribution in [0.4, 0.5) is 5.69 Å². The van der Waals surface area contributed by atoms with Gasteiger partial charge in [-0.25, -0.2) is 0 Å². The molecule has 5 atom stereocenters. The Kier molecular flexibility index (Phi) is 4.18. The summed E-state index contributed by atoms with van der Waals surface area (Å²) in [6, 6.07) is 7.67. The molecule has 1 aromatic rings. The zero-order valence-corrected chi connectivity index (χ0v) is 14.8. The monoisotopic (exact) mass is 343 g/mol. The summed E-state index contributed by atoms with van der Waals surface area (Å²) in [4.78, 5) is 27.6. The van der Waals surface area contributed by atoms with Gasteiger partial charge in [-0.2, -0.15) is 0 Å². The maximum Gasteiger partial charge on any atom is 0.310 e. The average molecular weight is 343 g/mol. The van der Waals surface area contributed by atoms with Gasteiger partial charge in [0, 0.05) is 12.5 Å². The standard InChI is InChI=1S/C20H25NO4/c1-3-9-21(14-7-5-6-8-15(14)24-4-2)19(22)17-12-10-13-16(11-12)25-20(23)18(13)17/h5-8,12-13,16-18H,3-4,9-11H2,1-2H3/t12-,13+,16-,17+,18-/m1/s1. The van der Waals surface area contributed by atoms with Crippen molar-refractivity contribution < 1.29 is 19.1 Å². The zero-order valence-electron chi connectivity index (χ0n) is 14.8. The molecular formula is C20H25NO4. The molecule has 134 valence electrons. The number of hydrogen-bond donors (Lipinski definition) is 0. The van der Waals surface area contributed by atoms with Gasteiger partial charge in [-0.1, -0.05) is 19.1 Å². The summed E-state index contributed by atoms with van der Waals surface area (Å²) >= 11 is 0. The van der Waals surface area contributed by atoms with Crippen LogP contribution in [-0.2, 0) is 14.3 Å². The molecule has 0 unspecified atom stereocenters. The Hall–Kier alpha value is -2.04. The third-order valence-electron chi connectivity index (χ3n) is 5.94. The summed E-state index contributed by atoms with van der Waals surface area (Å²) in [6.07, 6.45) is 2.70. The molecule has 1 aliphatic heterocycles. The van der Waals surface area contributed by atoms with Gasteiger partial charge in [-0.3, -0.25) is 9.59 Å². The summed E-state index contributed by atoms with van der Waals surface area (Å²) in [5.41, 5.74) is 0.807. The van der Waals surface area contributed by atoms with Crippen LogP contribution in [0.2, 0.25) is 0 Å². The van der Waals surface area contributed by atoms with Crippen molar-refractivity contribution in [3.05, 3.63) is 24.3 Å². The van der Waals surface area contributed by atoms with Gasteiger partial charge in [0.1, 0.15) is 11.9 Å². The minimum atomic E-state index is -0.241. The molecule has 3 fully saturated rings. The van der Waals surface area contributed by atoms with Crippen molar-refractivity contribution in [3.8, 4) is 5.75 Å². The highest BCUT2D eigenvalue weighted by molar-refractivity contribution is 5.99. The summed E-state index contributed by atoms with van der Waals surface area (Å²) in [5.74, 6) is 0.662. The van der Waals surface area contributed by atoms with Gasteiger partial charge in [-0.05, 0) is 44.2 Å². The fourth-order valence-electron chi connectivity index (χ4n) is 5.05. The number of carbonyl (C=O) groups excluding carboxylic acids is 2. The predicted molar refractivity (Wildman–Crippen MR) is 93.3 cm³/mol.